The normalized spacial score (nSPS) is 11.6. The molecule has 2 rings (SSSR count). The molecular formula is C14H20N4O2S. The zero-order valence-corrected chi connectivity index (χ0v) is 13.0. The summed E-state index contributed by atoms with van der Waals surface area (Å²) < 4.78 is 28.7. The maximum atomic E-state index is 12.3. The van der Waals surface area contributed by atoms with Gasteiger partial charge in [-0.15, -0.1) is 0 Å². The average Bonchev–Trinajstić information content (AvgIpc) is 2.79. The molecule has 0 aliphatic carbocycles. The highest BCUT2D eigenvalue weighted by Gasteiger charge is 2.17. The Kier molecular flexibility index (Phi) is 4.64. The summed E-state index contributed by atoms with van der Waals surface area (Å²) in [6.07, 6.45) is 3.66. The van der Waals surface area contributed by atoms with E-state index in [4.69, 9.17) is 5.73 Å². The van der Waals surface area contributed by atoms with Crippen LogP contribution in [-0.4, -0.2) is 18.2 Å². The Morgan fingerprint density at radius 1 is 1.29 bits per heavy atom. The zero-order valence-electron chi connectivity index (χ0n) is 12.2. The number of hydrogen-bond acceptors (Lipinski definition) is 4. The van der Waals surface area contributed by atoms with Crippen molar-refractivity contribution >= 4 is 15.8 Å². The average molecular weight is 308 g/mol. The van der Waals surface area contributed by atoms with Crippen molar-refractivity contribution in [1.29, 1.82) is 0 Å². The lowest BCUT2D eigenvalue weighted by Gasteiger charge is -2.07. The van der Waals surface area contributed by atoms with Gasteiger partial charge in [-0.25, -0.2) is 8.42 Å². The first-order chi connectivity index (χ1) is 9.96. The molecule has 2 aromatic rings. The Morgan fingerprint density at radius 2 is 1.95 bits per heavy atom. The van der Waals surface area contributed by atoms with Crippen LogP contribution in [0.1, 0.15) is 24.5 Å². The van der Waals surface area contributed by atoms with E-state index in [0.717, 1.165) is 18.4 Å². The number of anilines is 1. The quantitative estimate of drug-likeness (QED) is 0.848. The predicted molar refractivity (Wildman–Crippen MR) is 82.3 cm³/mol. The summed E-state index contributed by atoms with van der Waals surface area (Å²) in [4.78, 5) is 0.218. The molecule has 0 aliphatic heterocycles. The molecule has 0 saturated heterocycles. The van der Waals surface area contributed by atoms with Crippen molar-refractivity contribution in [2.75, 3.05) is 4.72 Å². The molecule has 7 heteroatoms. The van der Waals surface area contributed by atoms with E-state index >= 15 is 0 Å². The third-order valence-electron chi connectivity index (χ3n) is 3.13. The molecule has 6 nitrogen and oxygen atoms in total. The SMILES string of the molecule is CCCc1ccc(S(=O)(=O)Nc2nn(C)cc2CN)cc1. The van der Waals surface area contributed by atoms with E-state index in [1.165, 1.54) is 4.68 Å². The Balaban J connectivity index is 2.25. The van der Waals surface area contributed by atoms with E-state index in [1.54, 1.807) is 25.4 Å². The number of rotatable bonds is 6. The minimum absolute atomic E-state index is 0.218. The molecule has 114 valence electrons. The van der Waals surface area contributed by atoms with Gasteiger partial charge in [-0.3, -0.25) is 9.40 Å². The lowest BCUT2D eigenvalue weighted by molar-refractivity contribution is 0.600. The Labute approximate surface area is 125 Å². The molecule has 1 aromatic heterocycles. The molecule has 0 bridgehead atoms. The molecule has 1 aromatic carbocycles. The van der Waals surface area contributed by atoms with Crippen LogP contribution in [0, 0.1) is 0 Å². The van der Waals surface area contributed by atoms with Crippen LogP contribution in [0.2, 0.25) is 0 Å². The lowest BCUT2D eigenvalue weighted by Crippen LogP contribution is -2.15. The number of nitrogens with zero attached hydrogens (tertiary/aromatic N) is 2. The van der Waals surface area contributed by atoms with Crippen LogP contribution in [0.15, 0.2) is 35.4 Å². The van der Waals surface area contributed by atoms with Crippen molar-refractivity contribution in [3.05, 3.63) is 41.6 Å². The molecule has 0 aliphatic rings. The topological polar surface area (TPSA) is 90.0 Å². The van der Waals surface area contributed by atoms with Gasteiger partial charge in [-0.1, -0.05) is 25.5 Å². The van der Waals surface area contributed by atoms with Crippen molar-refractivity contribution in [2.24, 2.45) is 12.8 Å². The molecule has 0 amide bonds. The molecule has 0 fully saturated rings. The molecular weight excluding hydrogens is 288 g/mol. The van der Waals surface area contributed by atoms with Gasteiger partial charge in [0.25, 0.3) is 10.0 Å². The molecule has 0 radical (unpaired) electrons. The Morgan fingerprint density at radius 3 is 2.52 bits per heavy atom. The summed E-state index contributed by atoms with van der Waals surface area (Å²) in [5.41, 5.74) is 7.36. The van der Waals surface area contributed by atoms with Crippen LogP contribution < -0.4 is 10.5 Å². The van der Waals surface area contributed by atoms with Gasteiger partial charge in [0.1, 0.15) is 0 Å². The molecule has 1 heterocycles. The second-order valence-electron chi connectivity index (χ2n) is 4.88. The summed E-state index contributed by atoms with van der Waals surface area (Å²) in [6, 6.07) is 6.89. The number of hydrogen-bond donors (Lipinski definition) is 2. The number of nitrogens with one attached hydrogen (secondary N) is 1. The second kappa shape index (κ2) is 6.28. The number of nitrogens with two attached hydrogens (primary N) is 1. The van der Waals surface area contributed by atoms with Gasteiger partial charge < -0.3 is 5.73 Å². The van der Waals surface area contributed by atoms with Crippen molar-refractivity contribution < 1.29 is 8.42 Å². The highest BCUT2D eigenvalue weighted by molar-refractivity contribution is 7.92. The minimum Gasteiger partial charge on any atom is -0.326 e. The monoisotopic (exact) mass is 308 g/mol. The largest absolute Gasteiger partial charge is 0.326 e. The van der Waals surface area contributed by atoms with Crippen molar-refractivity contribution in [3.63, 3.8) is 0 Å². The predicted octanol–water partition coefficient (Wildman–Crippen LogP) is 1.63. The van der Waals surface area contributed by atoms with E-state index in [9.17, 15) is 8.42 Å². The van der Waals surface area contributed by atoms with Gasteiger partial charge in [0, 0.05) is 25.4 Å². The first-order valence-electron chi connectivity index (χ1n) is 6.80. The number of aryl methyl sites for hydroxylation is 2. The van der Waals surface area contributed by atoms with Crippen LogP contribution in [0.3, 0.4) is 0 Å². The van der Waals surface area contributed by atoms with Gasteiger partial charge in [0.05, 0.1) is 4.90 Å². The highest BCUT2D eigenvalue weighted by atomic mass is 32.2. The fourth-order valence-corrected chi connectivity index (χ4v) is 3.12. The number of benzene rings is 1. The molecule has 21 heavy (non-hydrogen) atoms. The Hall–Kier alpha value is -1.86. The van der Waals surface area contributed by atoms with E-state index in [0.29, 0.717) is 5.56 Å². The summed E-state index contributed by atoms with van der Waals surface area (Å²) in [7, 11) is -1.93. The van der Waals surface area contributed by atoms with E-state index in [2.05, 4.69) is 16.7 Å². The van der Waals surface area contributed by atoms with Crippen LogP contribution in [0.5, 0.6) is 0 Å². The van der Waals surface area contributed by atoms with E-state index < -0.39 is 10.0 Å². The second-order valence-corrected chi connectivity index (χ2v) is 6.56. The van der Waals surface area contributed by atoms with Crippen LogP contribution >= 0.6 is 0 Å². The molecule has 0 spiro atoms. The summed E-state index contributed by atoms with van der Waals surface area (Å²) in [6.45, 7) is 2.31. The molecule has 0 saturated carbocycles. The fraction of sp³-hybridized carbons (Fsp3) is 0.357. The molecule has 0 unspecified atom stereocenters. The maximum Gasteiger partial charge on any atom is 0.263 e. The van der Waals surface area contributed by atoms with E-state index in [1.807, 2.05) is 12.1 Å². The smallest absolute Gasteiger partial charge is 0.263 e. The number of sulfonamides is 1. The van der Waals surface area contributed by atoms with Gasteiger partial charge in [0.2, 0.25) is 0 Å². The van der Waals surface area contributed by atoms with Crippen molar-refractivity contribution in [1.82, 2.24) is 9.78 Å². The van der Waals surface area contributed by atoms with Crippen molar-refractivity contribution in [3.8, 4) is 0 Å². The van der Waals surface area contributed by atoms with Gasteiger partial charge >= 0.3 is 0 Å². The standard InChI is InChI=1S/C14H20N4O2S/c1-3-4-11-5-7-13(8-6-11)21(19,20)17-14-12(9-15)10-18(2)16-14/h5-8,10H,3-4,9,15H2,1-2H3,(H,16,17). The maximum absolute atomic E-state index is 12.3. The van der Waals surface area contributed by atoms with Gasteiger partial charge in [-0.2, -0.15) is 5.10 Å². The summed E-state index contributed by atoms with van der Waals surface area (Å²) >= 11 is 0. The summed E-state index contributed by atoms with van der Waals surface area (Å²) in [5, 5.41) is 4.09. The highest BCUT2D eigenvalue weighted by Crippen LogP contribution is 2.18. The van der Waals surface area contributed by atoms with Crippen LogP contribution in [0.25, 0.3) is 0 Å². The number of aromatic nitrogens is 2. The first kappa shape index (κ1) is 15.5. The zero-order chi connectivity index (χ0) is 15.5. The van der Waals surface area contributed by atoms with Crippen LogP contribution in [0.4, 0.5) is 5.82 Å². The first-order valence-corrected chi connectivity index (χ1v) is 8.29. The van der Waals surface area contributed by atoms with Gasteiger partial charge in [-0.05, 0) is 24.1 Å². The summed E-state index contributed by atoms with van der Waals surface area (Å²) in [5.74, 6) is 0.276. The fourth-order valence-electron chi connectivity index (χ4n) is 2.08. The molecule has 0 atom stereocenters. The third-order valence-corrected chi connectivity index (χ3v) is 4.48. The van der Waals surface area contributed by atoms with Crippen molar-refractivity contribution in [2.45, 2.75) is 31.2 Å². The minimum atomic E-state index is -3.65. The third kappa shape index (κ3) is 3.62. The molecule has 3 N–H and O–H groups in total. The van der Waals surface area contributed by atoms with Gasteiger partial charge in [0.15, 0.2) is 5.82 Å². The van der Waals surface area contributed by atoms with Crippen LogP contribution in [-0.2, 0) is 30.0 Å². The van der Waals surface area contributed by atoms with E-state index in [-0.39, 0.29) is 17.3 Å². The lowest BCUT2D eigenvalue weighted by atomic mass is 10.1. The Bertz CT molecular complexity index is 705.